The molecule has 120 valence electrons. The lowest BCUT2D eigenvalue weighted by molar-refractivity contribution is 0.0556. The smallest absolute Gasteiger partial charge is 0.340 e. The highest BCUT2D eigenvalue weighted by Gasteiger charge is 2.34. The Kier molecular flexibility index (Phi) is 3.82. The van der Waals surface area contributed by atoms with Crippen LogP contribution in [0.1, 0.15) is 32.8 Å². The average molecular weight is 314 g/mol. The van der Waals surface area contributed by atoms with Gasteiger partial charge in [-0.25, -0.2) is 9.59 Å². The molecule has 0 aliphatic carbocycles. The van der Waals surface area contributed by atoms with Crippen molar-refractivity contribution < 1.29 is 19.1 Å². The number of benzene rings is 1. The third-order valence-electron chi connectivity index (χ3n) is 4.11. The first-order valence-corrected chi connectivity index (χ1v) is 7.36. The average Bonchev–Trinajstić information content (AvgIpc) is 3.13. The molecule has 0 atom stereocenters. The van der Waals surface area contributed by atoms with Crippen LogP contribution in [0.25, 0.3) is 11.3 Å². The first kappa shape index (κ1) is 15.1. The molecule has 2 aromatic rings. The Morgan fingerprint density at radius 2 is 1.83 bits per heavy atom. The standard InChI is InChI=1S/C17H18N2O4/c1-22-16(20)13-12-7-4-8-19(12)15(14(13)17(21)23-2)10-5-3-6-11(18)9-10/h3,5-6,9H,4,7-8,18H2,1-2H3. The van der Waals surface area contributed by atoms with Gasteiger partial charge in [-0.15, -0.1) is 0 Å². The molecule has 6 heteroatoms. The Bertz CT molecular complexity index is 792. The number of rotatable bonds is 3. The lowest BCUT2D eigenvalue weighted by Gasteiger charge is -2.10. The predicted molar refractivity (Wildman–Crippen MR) is 85.3 cm³/mol. The van der Waals surface area contributed by atoms with Crippen molar-refractivity contribution in [3.05, 3.63) is 41.1 Å². The summed E-state index contributed by atoms with van der Waals surface area (Å²) >= 11 is 0. The normalized spacial score (nSPS) is 12.8. The van der Waals surface area contributed by atoms with Crippen molar-refractivity contribution in [2.24, 2.45) is 0 Å². The van der Waals surface area contributed by atoms with E-state index in [-0.39, 0.29) is 5.56 Å². The van der Waals surface area contributed by atoms with E-state index in [1.807, 2.05) is 16.7 Å². The fraction of sp³-hybridized carbons (Fsp3) is 0.294. The summed E-state index contributed by atoms with van der Waals surface area (Å²) in [5.41, 5.74) is 9.27. The van der Waals surface area contributed by atoms with Crippen molar-refractivity contribution in [3.63, 3.8) is 0 Å². The fourth-order valence-corrected chi connectivity index (χ4v) is 3.19. The van der Waals surface area contributed by atoms with E-state index in [0.717, 1.165) is 30.6 Å². The van der Waals surface area contributed by atoms with Gasteiger partial charge in [-0.2, -0.15) is 0 Å². The van der Waals surface area contributed by atoms with Crippen molar-refractivity contribution in [1.29, 1.82) is 0 Å². The number of nitrogens with zero attached hydrogens (tertiary/aromatic N) is 1. The maximum Gasteiger partial charge on any atom is 0.340 e. The summed E-state index contributed by atoms with van der Waals surface area (Å²) in [6.07, 6.45) is 1.63. The summed E-state index contributed by atoms with van der Waals surface area (Å²) in [5.74, 6) is -1.07. The van der Waals surface area contributed by atoms with Crippen LogP contribution < -0.4 is 5.73 Å². The van der Waals surface area contributed by atoms with Gasteiger partial charge in [-0.1, -0.05) is 12.1 Å². The van der Waals surface area contributed by atoms with Crippen LogP contribution in [0.3, 0.4) is 0 Å². The molecule has 6 nitrogen and oxygen atoms in total. The fourth-order valence-electron chi connectivity index (χ4n) is 3.19. The first-order chi connectivity index (χ1) is 11.1. The molecule has 2 heterocycles. The number of methoxy groups -OCH3 is 2. The van der Waals surface area contributed by atoms with Gasteiger partial charge in [0.05, 0.1) is 25.5 Å². The van der Waals surface area contributed by atoms with Crippen molar-refractivity contribution in [2.45, 2.75) is 19.4 Å². The number of fused-ring (bicyclic) bond motifs is 1. The number of hydrogen-bond acceptors (Lipinski definition) is 5. The number of nitrogen functional groups attached to an aromatic ring is 1. The summed E-state index contributed by atoms with van der Waals surface area (Å²) in [7, 11) is 2.61. The summed E-state index contributed by atoms with van der Waals surface area (Å²) in [4.78, 5) is 24.6. The molecule has 0 amide bonds. The zero-order chi connectivity index (χ0) is 16.6. The monoisotopic (exact) mass is 314 g/mol. The molecule has 0 saturated carbocycles. The van der Waals surface area contributed by atoms with Crippen LogP contribution in [-0.2, 0) is 22.4 Å². The molecule has 0 radical (unpaired) electrons. The highest BCUT2D eigenvalue weighted by molar-refractivity contribution is 6.09. The van der Waals surface area contributed by atoms with Gasteiger partial charge in [-0.05, 0) is 25.0 Å². The number of nitrogens with two attached hydrogens (primary N) is 1. The molecular weight excluding hydrogens is 296 g/mol. The second kappa shape index (κ2) is 5.79. The van der Waals surface area contributed by atoms with E-state index in [1.165, 1.54) is 14.2 Å². The predicted octanol–water partition coefficient (Wildman–Crippen LogP) is 2.26. The van der Waals surface area contributed by atoms with Crippen LogP contribution >= 0.6 is 0 Å². The molecule has 0 unspecified atom stereocenters. The van der Waals surface area contributed by atoms with Gasteiger partial charge in [0.25, 0.3) is 0 Å². The molecule has 1 aromatic heterocycles. The maximum atomic E-state index is 12.4. The van der Waals surface area contributed by atoms with Gasteiger partial charge in [0.1, 0.15) is 5.56 Å². The second-order valence-corrected chi connectivity index (χ2v) is 5.41. The van der Waals surface area contributed by atoms with Crippen molar-refractivity contribution in [3.8, 4) is 11.3 Å². The van der Waals surface area contributed by atoms with Crippen LogP contribution in [0.4, 0.5) is 5.69 Å². The molecule has 2 N–H and O–H groups in total. The zero-order valence-corrected chi connectivity index (χ0v) is 13.1. The van der Waals surface area contributed by atoms with Crippen LogP contribution in [0.2, 0.25) is 0 Å². The minimum atomic E-state index is -0.551. The van der Waals surface area contributed by atoms with E-state index in [1.54, 1.807) is 12.1 Å². The minimum absolute atomic E-state index is 0.250. The highest BCUT2D eigenvalue weighted by Crippen LogP contribution is 2.37. The summed E-state index contributed by atoms with van der Waals surface area (Å²) in [5, 5.41) is 0. The highest BCUT2D eigenvalue weighted by atomic mass is 16.5. The number of esters is 2. The van der Waals surface area contributed by atoms with Crippen molar-refractivity contribution >= 4 is 17.6 Å². The number of carbonyl (C=O) groups is 2. The Morgan fingerprint density at radius 1 is 1.13 bits per heavy atom. The van der Waals surface area contributed by atoms with Crippen LogP contribution in [0.5, 0.6) is 0 Å². The number of ether oxygens (including phenoxy) is 2. The van der Waals surface area contributed by atoms with Crippen LogP contribution in [0.15, 0.2) is 24.3 Å². The third kappa shape index (κ3) is 2.36. The third-order valence-corrected chi connectivity index (χ3v) is 4.11. The number of anilines is 1. The molecule has 0 bridgehead atoms. The Morgan fingerprint density at radius 3 is 2.48 bits per heavy atom. The maximum absolute atomic E-state index is 12.4. The van der Waals surface area contributed by atoms with E-state index in [0.29, 0.717) is 16.9 Å². The van der Waals surface area contributed by atoms with E-state index in [2.05, 4.69) is 0 Å². The molecule has 0 fully saturated rings. The van der Waals surface area contributed by atoms with Gasteiger partial charge >= 0.3 is 11.9 Å². The van der Waals surface area contributed by atoms with Crippen LogP contribution in [-0.4, -0.2) is 30.7 Å². The van der Waals surface area contributed by atoms with Gasteiger partial charge in [0.15, 0.2) is 0 Å². The van der Waals surface area contributed by atoms with Gasteiger partial charge < -0.3 is 19.8 Å². The molecule has 0 saturated heterocycles. The summed E-state index contributed by atoms with van der Waals surface area (Å²) < 4.78 is 11.8. The number of carbonyl (C=O) groups excluding carboxylic acids is 2. The Balaban J connectivity index is 2.34. The van der Waals surface area contributed by atoms with Gasteiger partial charge in [0, 0.05) is 23.5 Å². The lowest BCUT2D eigenvalue weighted by atomic mass is 10.0. The lowest BCUT2D eigenvalue weighted by Crippen LogP contribution is -2.12. The minimum Gasteiger partial charge on any atom is -0.465 e. The molecule has 3 rings (SSSR count). The van der Waals surface area contributed by atoms with Crippen molar-refractivity contribution in [1.82, 2.24) is 4.57 Å². The summed E-state index contributed by atoms with van der Waals surface area (Å²) in [6.45, 7) is 0.737. The number of aromatic nitrogens is 1. The second-order valence-electron chi connectivity index (χ2n) is 5.41. The van der Waals surface area contributed by atoms with Gasteiger partial charge in [0.2, 0.25) is 0 Å². The van der Waals surface area contributed by atoms with E-state index in [4.69, 9.17) is 15.2 Å². The zero-order valence-electron chi connectivity index (χ0n) is 13.1. The molecule has 1 aliphatic heterocycles. The molecule has 1 aromatic carbocycles. The Labute approximate surface area is 133 Å². The SMILES string of the molecule is COC(=O)c1c(C(=O)OC)c(-c2cccc(N)c2)n2c1CCC2. The quantitative estimate of drug-likeness (QED) is 0.694. The van der Waals surface area contributed by atoms with Gasteiger partial charge in [-0.3, -0.25) is 0 Å². The molecular formula is C17H18N2O4. The van der Waals surface area contributed by atoms with E-state index >= 15 is 0 Å². The molecule has 0 spiro atoms. The van der Waals surface area contributed by atoms with Crippen LogP contribution in [0, 0.1) is 0 Å². The Hall–Kier alpha value is -2.76. The van der Waals surface area contributed by atoms with Crippen molar-refractivity contribution in [2.75, 3.05) is 20.0 Å². The molecule has 1 aliphatic rings. The number of hydrogen-bond donors (Lipinski definition) is 1. The van der Waals surface area contributed by atoms with E-state index in [9.17, 15) is 9.59 Å². The topological polar surface area (TPSA) is 83.6 Å². The molecule has 23 heavy (non-hydrogen) atoms. The largest absolute Gasteiger partial charge is 0.465 e. The summed E-state index contributed by atoms with van der Waals surface area (Å²) in [6, 6.07) is 7.24. The van der Waals surface area contributed by atoms with E-state index < -0.39 is 11.9 Å². The first-order valence-electron chi connectivity index (χ1n) is 7.36.